The van der Waals surface area contributed by atoms with Gasteiger partial charge in [-0.1, -0.05) is 17.7 Å². The molecule has 2 rings (SSSR count). The summed E-state index contributed by atoms with van der Waals surface area (Å²) in [7, 11) is -2.75. The number of ether oxygens (including phenoxy) is 3. The zero-order valence-corrected chi connectivity index (χ0v) is 17.4. The Morgan fingerprint density at radius 3 is 2.36 bits per heavy atom. The number of carbonyl (C=O) groups is 1. The fourth-order valence-corrected chi connectivity index (χ4v) is 3.96. The average molecular weight is 428 g/mol. The van der Waals surface area contributed by atoms with Gasteiger partial charge < -0.3 is 14.2 Å². The molecule has 0 amide bonds. The number of methoxy groups -OCH3 is 1. The van der Waals surface area contributed by atoms with Gasteiger partial charge >= 0.3 is 5.97 Å². The maximum Gasteiger partial charge on any atom is 0.337 e. The van der Waals surface area contributed by atoms with Gasteiger partial charge in [-0.25, -0.2) is 17.9 Å². The Balaban J connectivity index is 2.24. The van der Waals surface area contributed by atoms with Crippen LogP contribution in [0, 0.1) is 0 Å². The lowest BCUT2D eigenvalue weighted by atomic mass is 10.2. The molecule has 0 aliphatic rings. The summed E-state index contributed by atoms with van der Waals surface area (Å²) >= 11 is 6.02. The summed E-state index contributed by atoms with van der Waals surface area (Å²) in [6.45, 7) is 4.66. The molecule has 0 spiro atoms. The zero-order valence-electron chi connectivity index (χ0n) is 15.8. The van der Waals surface area contributed by atoms with Crippen molar-refractivity contribution in [2.75, 3.05) is 20.3 Å². The highest BCUT2D eigenvalue weighted by Crippen LogP contribution is 2.29. The predicted molar refractivity (Wildman–Crippen MR) is 106 cm³/mol. The van der Waals surface area contributed by atoms with Gasteiger partial charge in [0.25, 0.3) is 0 Å². The van der Waals surface area contributed by atoms with Gasteiger partial charge in [0.05, 0.1) is 30.9 Å². The van der Waals surface area contributed by atoms with Crippen molar-refractivity contribution in [2.24, 2.45) is 0 Å². The van der Waals surface area contributed by atoms with Crippen molar-refractivity contribution in [3.63, 3.8) is 0 Å². The smallest absolute Gasteiger partial charge is 0.337 e. The standard InChI is InChI=1S/C19H22ClNO6S/c1-4-26-16-9-6-13(10-17(16)27-5-2)12-21-28(23,24)18-11-14(19(22)25-3)7-8-15(18)20/h6-11,21H,4-5,12H2,1-3H3. The Morgan fingerprint density at radius 2 is 1.71 bits per heavy atom. The lowest BCUT2D eigenvalue weighted by molar-refractivity contribution is 0.0600. The van der Waals surface area contributed by atoms with Crippen LogP contribution in [-0.4, -0.2) is 34.7 Å². The van der Waals surface area contributed by atoms with E-state index in [1.54, 1.807) is 18.2 Å². The summed E-state index contributed by atoms with van der Waals surface area (Å²) < 4.78 is 43.5. The zero-order chi connectivity index (χ0) is 20.7. The lowest BCUT2D eigenvalue weighted by Crippen LogP contribution is -2.24. The molecule has 0 unspecified atom stereocenters. The van der Waals surface area contributed by atoms with E-state index >= 15 is 0 Å². The van der Waals surface area contributed by atoms with Crippen molar-refractivity contribution in [3.8, 4) is 11.5 Å². The largest absolute Gasteiger partial charge is 0.490 e. The molecule has 2 aromatic rings. The van der Waals surface area contributed by atoms with E-state index in [-0.39, 0.29) is 22.0 Å². The molecule has 9 heteroatoms. The molecular formula is C19H22ClNO6S. The third kappa shape index (κ3) is 5.37. The molecule has 0 aliphatic carbocycles. The Bertz CT molecular complexity index is 945. The number of benzene rings is 2. The van der Waals surface area contributed by atoms with Crippen molar-refractivity contribution >= 4 is 27.6 Å². The first-order valence-corrected chi connectivity index (χ1v) is 10.4. The fraction of sp³-hybridized carbons (Fsp3) is 0.316. The van der Waals surface area contributed by atoms with Gasteiger partial charge in [0.2, 0.25) is 10.0 Å². The summed E-state index contributed by atoms with van der Waals surface area (Å²) in [6, 6.07) is 9.09. The molecule has 0 atom stereocenters. The highest BCUT2D eigenvalue weighted by atomic mass is 35.5. The van der Waals surface area contributed by atoms with Crippen LogP contribution in [-0.2, 0) is 21.3 Å². The van der Waals surface area contributed by atoms with Crippen LogP contribution in [0.5, 0.6) is 11.5 Å². The maximum absolute atomic E-state index is 12.7. The number of nitrogens with one attached hydrogen (secondary N) is 1. The van der Waals surface area contributed by atoms with E-state index in [0.29, 0.717) is 30.3 Å². The van der Waals surface area contributed by atoms with Crippen LogP contribution in [0.1, 0.15) is 29.8 Å². The monoisotopic (exact) mass is 427 g/mol. The second kappa shape index (κ2) is 9.77. The van der Waals surface area contributed by atoms with E-state index < -0.39 is 16.0 Å². The van der Waals surface area contributed by atoms with Crippen LogP contribution < -0.4 is 14.2 Å². The molecule has 1 N–H and O–H groups in total. The molecule has 0 heterocycles. The number of halogens is 1. The van der Waals surface area contributed by atoms with Crippen LogP contribution in [0.2, 0.25) is 5.02 Å². The molecule has 0 radical (unpaired) electrons. The number of carbonyl (C=O) groups excluding carboxylic acids is 1. The Kier molecular flexibility index (Phi) is 7.68. The number of sulfonamides is 1. The van der Waals surface area contributed by atoms with Crippen LogP contribution in [0.4, 0.5) is 0 Å². The third-order valence-corrected chi connectivity index (χ3v) is 5.60. The highest BCUT2D eigenvalue weighted by molar-refractivity contribution is 7.89. The van der Waals surface area contributed by atoms with E-state index in [9.17, 15) is 13.2 Å². The van der Waals surface area contributed by atoms with Crippen molar-refractivity contribution in [2.45, 2.75) is 25.3 Å². The van der Waals surface area contributed by atoms with Gasteiger partial charge in [0, 0.05) is 6.54 Å². The van der Waals surface area contributed by atoms with Crippen molar-refractivity contribution in [1.82, 2.24) is 4.72 Å². The number of hydrogen-bond donors (Lipinski definition) is 1. The van der Waals surface area contributed by atoms with E-state index in [1.165, 1.54) is 25.3 Å². The van der Waals surface area contributed by atoms with E-state index in [2.05, 4.69) is 9.46 Å². The molecule has 0 aromatic heterocycles. The van der Waals surface area contributed by atoms with Crippen LogP contribution in [0.3, 0.4) is 0 Å². The van der Waals surface area contributed by atoms with E-state index in [1.807, 2.05) is 13.8 Å². The van der Waals surface area contributed by atoms with Crippen molar-refractivity contribution in [1.29, 1.82) is 0 Å². The maximum atomic E-state index is 12.7. The van der Waals surface area contributed by atoms with Crippen molar-refractivity contribution in [3.05, 3.63) is 52.5 Å². The molecule has 0 bridgehead atoms. The normalized spacial score (nSPS) is 11.1. The summed E-state index contributed by atoms with van der Waals surface area (Å²) in [5, 5.41) is 0.00171. The summed E-state index contributed by atoms with van der Waals surface area (Å²) in [4.78, 5) is 11.5. The van der Waals surface area contributed by atoms with Crippen LogP contribution in [0.15, 0.2) is 41.3 Å². The molecule has 0 aliphatic heterocycles. The molecular weight excluding hydrogens is 406 g/mol. The minimum atomic E-state index is -3.96. The third-order valence-electron chi connectivity index (χ3n) is 3.72. The van der Waals surface area contributed by atoms with E-state index in [4.69, 9.17) is 21.1 Å². The minimum Gasteiger partial charge on any atom is -0.490 e. The second-order valence-corrected chi connectivity index (χ2v) is 7.75. The Labute approximate surface area is 169 Å². The first kappa shape index (κ1) is 22.0. The summed E-state index contributed by atoms with van der Waals surface area (Å²) in [6.07, 6.45) is 0. The fourth-order valence-electron chi connectivity index (χ4n) is 2.42. The molecule has 0 fully saturated rings. The van der Waals surface area contributed by atoms with Gasteiger partial charge in [-0.3, -0.25) is 0 Å². The lowest BCUT2D eigenvalue weighted by Gasteiger charge is -2.13. The Morgan fingerprint density at radius 1 is 1.04 bits per heavy atom. The second-order valence-electron chi connectivity index (χ2n) is 5.61. The summed E-state index contributed by atoms with van der Waals surface area (Å²) in [5.74, 6) is 0.470. The van der Waals surface area contributed by atoms with Gasteiger partial charge in [-0.2, -0.15) is 0 Å². The molecule has 0 saturated heterocycles. The van der Waals surface area contributed by atoms with Crippen LogP contribution >= 0.6 is 11.6 Å². The van der Waals surface area contributed by atoms with Gasteiger partial charge in [0.1, 0.15) is 4.90 Å². The molecule has 0 saturated carbocycles. The topological polar surface area (TPSA) is 90.9 Å². The first-order valence-electron chi connectivity index (χ1n) is 8.58. The molecule has 7 nitrogen and oxygen atoms in total. The van der Waals surface area contributed by atoms with Crippen molar-refractivity contribution < 1.29 is 27.4 Å². The predicted octanol–water partition coefficient (Wildman–Crippen LogP) is 3.40. The highest BCUT2D eigenvalue weighted by Gasteiger charge is 2.20. The van der Waals surface area contributed by atoms with Gasteiger partial charge in [-0.05, 0) is 49.7 Å². The molecule has 28 heavy (non-hydrogen) atoms. The average Bonchev–Trinajstić information content (AvgIpc) is 2.68. The van der Waals surface area contributed by atoms with Crippen LogP contribution in [0.25, 0.3) is 0 Å². The van der Waals surface area contributed by atoms with Gasteiger partial charge in [-0.15, -0.1) is 0 Å². The quantitative estimate of drug-likeness (QED) is 0.617. The number of esters is 1. The van der Waals surface area contributed by atoms with E-state index in [0.717, 1.165) is 0 Å². The minimum absolute atomic E-state index is 0.00171. The van der Waals surface area contributed by atoms with Gasteiger partial charge in [0.15, 0.2) is 11.5 Å². The first-order chi connectivity index (χ1) is 13.3. The number of hydrogen-bond acceptors (Lipinski definition) is 6. The Hall–Kier alpha value is -2.29. The summed E-state index contributed by atoms with van der Waals surface area (Å²) in [5.41, 5.74) is 0.766. The molecule has 2 aromatic carbocycles. The number of rotatable bonds is 9. The SMILES string of the molecule is CCOc1ccc(CNS(=O)(=O)c2cc(C(=O)OC)ccc2Cl)cc1OCC. The molecule has 152 valence electrons.